The number of aryl methyl sites for hydroxylation is 1. The molecule has 0 radical (unpaired) electrons. The van der Waals surface area contributed by atoms with Crippen LogP contribution in [0.25, 0.3) is 22.6 Å². The van der Waals surface area contributed by atoms with Crippen LogP contribution in [0.4, 0.5) is 17.3 Å². The molecule has 2 atom stereocenters. The highest BCUT2D eigenvalue weighted by atomic mass is 16.3. The molecular formula is C28H25N9O3. The van der Waals surface area contributed by atoms with Crippen molar-refractivity contribution < 1.29 is 14.0 Å². The van der Waals surface area contributed by atoms with Crippen molar-refractivity contribution in [1.82, 2.24) is 35.1 Å². The SMILES string of the molecule is CC(=O)Nc1ccc2oc(-c3ccnc(C(=O)N4CC5C(C4)C5N(c4ccccc4)c4nnn(C)n4)c3)nc2c1. The number of amides is 2. The topological polar surface area (TPSA) is 135 Å². The number of nitrogens with one attached hydrogen (secondary N) is 1. The number of pyridine rings is 1. The Hall–Kier alpha value is -5.13. The van der Waals surface area contributed by atoms with Crippen molar-refractivity contribution >= 4 is 40.2 Å². The van der Waals surface area contributed by atoms with Gasteiger partial charge in [-0.1, -0.05) is 23.3 Å². The number of likely N-dealkylation sites (tertiary alicyclic amines) is 1. The average molecular weight is 536 g/mol. The highest BCUT2D eigenvalue weighted by Crippen LogP contribution is 2.52. The lowest BCUT2D eigenvalue weighted by Gasteiger charge is -2.26. The summed E-state index contributed by atoms with van der Waals surface area (Å²) < 4.78 is 5.92. The van der Waals surface area contributed by atoms with E-state index in [0.717, 1.165) is 5.69 Å². The largest absolute Gasteiger partial charge is 0.436 e. The van der Waals surface area contributed by atoms with Gasteiger partial charge < -0.3 is 19.5 Å². The molecule has 5 aromatic rings. The molecule has 2 fully saturated rings. The number of piperidine rings is 1. The van der Waals surface area contributed by atoms with Crippen LogP contribution in [0.5, 0.6) is 0 Å². The number of nitrogens with zero attached hydrogens (tertiary/aromatic N) is 8. The van der Waals surface area contributed by atoms with Crippen LogP contribution in [0.2, 0.25) is 0 Å². The lowest BCUT2D eigenvalue weighted by Crippen LogP contribution is -2.36. The van der Waals surface area contributed by atoms with Gasteiger partial charge >= 0.3 is 0 Å². The van der Waals surface area contributed by atoms with Gasteiger partial charge in [0.1, 0.15) is 11.2 Å². The first-order chi connectivity index (χ1) is 19.4. The fourth-order valence-electron chi connectivity index (χ4n) is 5.60. The second kappa shape index (κ2) is 9.26. The molecule has 2 aromatic carbocycles. The summed E-state index contributed by atoms with van der Waals surface area (Å²) in [6.45, 7) is 2.70. The lowest BCUT2D eigenvalue weighted by atomic mass is 10.2. The molecular weight excluding hydrogens is 510 g/mol. The van der Waals surface area contributed by atoms with E-state index < -0.39 is 0 Å². The number of benzene rings is 2. The van der Waals surface area contributed by atoms with E-state index >= 15 is 0 Å². The van der Waals surface area contributed by atoms with Gasteiger partial charge in [-0.3, -0.25) is 14.6 Å². The number of tetrazole rings is 1. The van der Waals surface area contributed by atoms with E-state index in [-0.39, 0.29) is 17.9 Å². The van der Waals surface area contributed by atoms with Gasteiger partial charge in [0.05, 0.1) is 7.05 Å². The second-order valence-electron chi connectivity index (χ2n) is 10.1. The fourth-order valence-corrected chi connectivity index (χ4v) is 5.60. The highest BCUT2D eigenvalue weighted by Gasteiger charge is 2.60. The van der Waals surface area contributed by atoms with Crippen LogP contribution in [0.15, 0.2) is 71.3 Å². The van der Waals surface area contributed by atoms with Crippen molar-refractivity contribution in [3.63, 3.8) is 0 Å². The summed E-state index contributed by atoms with van der Waals surface area (Å²) in [6.07, 6.45) is 1.59. The van der Waals surface area contributed by atoms with Crippen molar-refractivity contribution in [3.05, 3.63) is 72.6 Å². The number of carbonyl (C=O) groups is 2. The van der Waals surface area contributed by atoms with Gasteiger partial charge in [0, 0.05) is 61.0 Å². The van der Waals surface area contributed by atoms with Gasteiger partial charge in [0.15, 0.2) is 5.58 Å². The normalized spacial score (nSPS) is 19.4. The summed E-state index contributed by atoms with van der Waals surface area (Å²) in [5.41, 5.74) is 3.83. The van der Waals surface area contributed by atoms with Crippen molar-refractivity contribution in [2.24, 2.45) is 18.9 Å². The Kier molecular flexibility index (Phi) is 5.54. The number of rotatable bonds is 6. The van der Waals surface area contributed by atoms with Crippen molar-refractivity contribution in [2.45, 2.75) is 13.0 Å². The Morgan fingerprint density at radius 3 is 2.58 bits per heavy atom. The minimum Gasteiger partial charge on any atom is -0.436 e. The standard InChI is InChI=1S/C28H25N9O3/c1-16(38)30-18-8-9-24-22(13-18)31-26(40-24)17-10-11-29-23(12-17)27(39)36-14-20-21(15-36)25(20)37(19-6-4-3-5-7-19)28-32-34-35(2)33-28/h3-13,20-21,25H,14-15H2,1-2H3,(H,30,38). The van der Waals surface area contributed by atoms with Crippen LogP contribution in [-0.4, -0.2) is 66.0 Å². The number of anilines is 3. The van der Waals surface area contributed by atoms with Crippen molar-refractivity contribution in [1.29, 1.82) is 0 Å². The first-order valence-corrected chi connectivity index (χ1v) is 13.0. The molecule has 3 aromatic heterocycles. The predicted molar refractivity (Wildman–Crippen MR) is 146 cm³/mol. The third-order valence-electron chi connectivity index (χ3n) is 7.42. The van der Waals surface area contributed by atoms with Crippen LogP contribution in [0, 0.1) is 11.8 Å². The second-order valence-corrected chi connectivity index (χ2v) is 10.1. The summed E-state index contributed by atoms with van der Waals surface area (Å²) in [6, 6.07) is 19.0. The van der Waals surface area contributed by atoms with E-state index in [0.29, 0.717) is 64.8 Å². The molecule has 12 heteroatoms. The minimum absolute atomic E-state index is 0.124. The number of carbonyl (C=O) groups excluding carboxylic acids is 2. The molecule has 7 rings (SSSR count). The Labute approximate surface area is 228 Å². The Balaban J connectivity index is 1.08. The van der Waals surface area contributed by atoms with E-state index in [1.165, 1.54) is 11.7 Å². The minimum atomic E-state index is -0.163. The Bertz CT molecular complexity index is 1740. The monoisotopic (exact) mass is 535 g/mol. The molecule has 2 amide bonds. The molecule has 1 N–H and O–H groups in total. The summed E-state index contributed by atoms with van der Waals surface area (Å²) in [7, 11) is 1.75. The number of aromatic nitrogens is 6. The van der Waals surface area contributed by atoms with Gasteiger partial charge in [-0.15, -0.1) is 5.10 Å². The van der Waals surface area contributed by atoms with Crippen molar-refractivity contribution in [3.8, 4) is 11.5 Å². The molecule has 2 unspecified atom stereocenters. The molecule has 4 heterocycles. The van der Waals surface area contributed by atoms with E-state index in [1.807, 2.05) is 35.2 Å². The molecule has 1 aliphatic carbocycles. The summed E-state index contributed by atoms with van der Waals surface area (Å²) in [5, 5.41) is 15.5. The molecule has 0 bridgehead atoms. The highest BCUT2D eigenvalue weighted by molar-refractivity contribution is 5.94. The lowest BCUT2D eigenvalue weighted by molar-refractivity contribution is -0.114. The maximum atomic E-state index is 13.5. The summed E-state index contributed by atoms with van der Waals surface area (Å²) >= 11 is 0. The maximum absolute atomic E-state index is 13.5. The Morgan fingerprint density at radius 1 is 1.05 bits per heavy atom. The van der Waals surface area contributed by atoms with E-state index in [1.54, 1.807) is 43.6 Å². The smallest absolute Gasteiger partial charge is 0.272 e. The zero-order valence-corrected chi connectivity index (χ0v) is 21.8. The number of hydrogen-bond donors (Lipinski definition) is 1. The average Bonchev–Trinajstić information content (AvgIpc) is 3.38. The van der Waals surface area contributed by atoms with Crippen LogP contribution in [-0.2, 0) is 11.8 Å². The molecule has 12 nitrogen and oxygen atoms in total. The first kappa shape index (κ1) is 23.9. The van der Waals surface area contributed by atoms with E-state index in [9.17, 15) is 9.59 Å². The molecule has 0 spiro atoms. The predicted octanol–water partition coefficient (Wildman–Crippen LogP) is 3.28. The number of fused-ring (bicyclic) bond motifs is 2. The zero-order chi connectivity index (χ0) is 27.4. The third kappa shape index (κ3) is 4.23. The first-order valence-electron chi connectivity index (χ1n) is 13.0. The van der Waals surface area contributed by atoms with E-state index in [4.69, 9.17) is 4.42 Å². The number of oxazole rings is 1. The van der Waals surface area contributed by atoms with Crippen LogP contribution in [0.1, 0.15) is 17.4 Å². The molecule has 1 saturated heterocycles. The van der Waals surface area contributed by atoms with E-state index in [2.05, 4.69) is 35.6 Å². The van der Waals surface area contributed by atoms with Gasteiger partial charge in [-0.25, -0.2) is 4.98 Å². The quantitative estimate of drug-likeness (QED) is 0.347. The van der Waals surface area contributed by atoms with Gasteiger partial charge in [0.25, 0.3) is 11.9 Å². The van der Waals surface area contributed by atoms with Gasteiger partial charge in [-0.2, -0.15) is 4.80 Å². The summed E-state index contributed by atoms with van der Waals surface area (Å²) in [4.78, 5) is 39.2. The number of hydrogen-bond acceptors (Lipinski definition) is 9. The molecule has 2 aliphatic rings. The van der Waals surface area contributed by atoms with Gasteiger partial charge in [-0.05, 0) is 47.7 Å². The van der Waals surface area contributed by atoms with Crippen molar-refractivity contribution in [2.75, 3.05) is 23.3 Å². The maximum Gasteiger partial charge on any atom is 0.272 e. The molecule has 200 valence electrons. The Morgan fingerprint density at radius 2 is 1.85 bits per heavy atom. The van der Waals surface area contributed by atoms with Crippen LogP contribution >= 0.6 is 0 Å². The van der Waals surface area contributed by atoms with Gasteiger partial charge in [0.2, 0.25) is 11.8 Å². The third-order valence-corrected chi connectivity index (χ3v) is 7.42. The number of para-hydroxylation sites is 1. The molecule has 40 heavy (non-hydrogen) atoms. The van der Waals surface area contributed by atoms with Crippen LogP contribution < -0.4 is 10.2 Å². The molecule has 1 aliphatic heterocycles. The fraction of sp³-hybridized carbons (Fsp3) is 0.250. The zero-order valence-electron chi connectivity index (χ0n) is 21.8. The van der Waals surface area contributed by atoms with Crippen LogP contribution in [0.3, 0.4) is 0 Å². The summed E-state index contributed by atoms with van der Waals surface area (Å²) in [5.74, 6) is 1.25. The molecule has 1 saturated carbocycles.